The number of hydrogen-bond acceptors (Lipinski definition) is 3. The van der Waals surface area contributed by atoms with E-state index in [-0.39, 0.29) is 12.5 Å². The maximum atomic E-state index is 11.8. The molecule has 0 saturated heterocycles. The highest BCUT2D eigenvalue weighted by atomic mass is 16.5. The zero-order valence-corrected chi connectivity index (χ0v) is 12.1. The lowest BCUT2D eigenvalue weighted by Gasteiger charge is -2.08. The Morgan fingerprint density at radius 1 is 1.19 bits per heavy atom. The molecule has 1 amide bonds. The van der Waals surface area contributed by atoms with Gasteiger partial charge < -0.3 is 15.8 Å². The van der Waals surface area contributed by atoms with Gasteiger partial charge in [-0.1, -0.05) is 31.5 Å². The predicted octanol–water partition coefficient (Wildman–Crippen LogP) is 3.24. The quantitative estimate of drug-likeness (QED) is 0.800. The first kappa shape index (κ1) is 14.9. The van der Waals surface area contributed by atoms with E-state index in [4.69, 9.17) is 10.5 Å². The molecule has 0 spiro atoms. The molecule has 110 valence electrons. The van der Waals surface area contributed by atoms with Crippen LogP contribution in [0.3, 0.4) is 0 Å². The van der Waals surface area contributed by atoms with Gasteiger partial charge in [-0.25, -0.2) is 0 Å². The van der Waals surface area contributed by atoms with Crippen LogP contribution in [0.1, 0.15) is 18.9 Å². The second-order valence-electron chi connectivity index (χ2n) is 4.86. The number of ether oxygens (including phenoxy) is 1. The molecule has 4 nitrogen and oxygen atoms in total. The molecule has 0 bridgehead atoms. The lowest BCUT2D eigenvalue weighted by Crippen LogP contribution is -2.20. The summed E-state index contributed by atoms with van der Waals surface area (Å²) >= 11 is 0. The van der Waals surface area contributed by atoms with Crippen molar-refractivity contribution in [2.45, 2.75) is 19.8 Å². The molecule has 2 aromatic rings. The highest BCUT2D eigenvalue weighted by molar-refractivity contribution is 5.92. The molecule has 0 unspecified atom stereocenters. The molecular formula is C17H20N2O2. The fourth-order valence-corrected chi connectivity index (χ4v) is 2.00. The van der Waals surface area contributed by atoms with Crippen molar-refractivity contribution >= 4 is 17.3 Å². The van der Waals surface area contributed by atoms with Crippen molar-refractivity contribution < 1.29 is 9.53 Å². The van der Waals surface area contributed by atoms with Gasteiger partial charge in [0, 0.05) is 11.4 Å². The Bertz CT molecular complexity index is 594. The minimum Gasteiger partial charge on any atom is -0.484 e. The topological polar surface area (TPSA) is 64.3 Å². The average molecular weight is 284 g/mol. The van der Waals surface area contributed by atoms with Gasteiger partial charge in [0.05, 0.1) is 0 Å². The monoisotopic (exact) mass is 284 g/mol. The van der Waals surface area contributed by atoms with Crippen LogP contribution in [0.2, 0.25) is 0 Å². The number of rotatable bonds is 6. The number of anilines is 2. The number of hydrogen-bond donors (Lipinski definition) is 2. The van der Waals surface area contributed by atoms with Crippen LogP contribution in [0.4, 0.5) is 11.4 Å². The lowest BCUT2D eigenvalue weighted by atomic mass is 10.1. The van der Waals surface area contributed by atoms with Gasteiger partial charge in [-0.3, -0.25) is 4.79 Å². The van der Waals surface area contributed by atoms with Crippen molar-refractivity contribution in [1.29, 1.82) is 0 Å². The summed E-state index contributed by atoms with van der Waals surface area (Å²) in [7, 11) is 0. The van der Waals surface area contributed by atoms with Gasteiger partial charge in [-0.05, 0) is 42.3 Å². The van der Waals surface area contributed by atoms with Gasteiger partial charge in [0.2, 0.25) is 0 Å². The number of carbonyl (C=O) groups is 1. The number of aryl methyl sites for hydroxylation is 1. The van der Waals surface area contributed by atoms with Gasteiger partial charge >= 0.3 is 0 Å². The van der Waals surface area contributed by atoms with Crippen LogP contribution < -0.4 is 15.8 Å². The first-order valence-electron chi connectivity index (χ1n) is 7.04. The number of nitrogen functional groups attached to an aromatic ring is 1. The molecular weight excluding hydrogens is 264 g/mol. The summed E-state index contributed by atoms with van der Waals surface area (Å²) in [6.07, 6.45) is 2.17. The van der Waals surface area contributed by atoms with E-state index in [2.05, 4.69) is 12.2 Å². The van der Waals surface area contributed by atoms with Crippen molar-refractivity contribution in [1.82, 2.24) is 0 Å². The maximum absolute atomic E-state index is 11.8. The number of benzene rings is 2. The summed E-state index contributed by atoms with van der Waals surface area (Å²) in [5.74, 6) is 0.482. The molecule has 0 fully saturated rings. The molecule has 4 heteroatoms. The summed E-state index contributed by atoms with van der Waals surface area (Å²) in [6.45, 7) is 2.12. The molecule has 3 N–H and O–H groups in total. The molecule has 0 aliphatic carbocycles. The summed E-state index contributed by atoms with van der Waals surface area (Å²) in [6, 6.07) is 14.9. The van der Waals surface area contributed by atoms with Gasteiger partial charge in [0.25, 0.3) is 5.91 Å². The fourth-order valence-electron chi connectivity index (χ4n) is 2.00. The van der Waals surface area contributed by atoms with Crippen molar-refractivity contribution in [3.63, 3.8) is 0 Å². The number of amides is 1. The van der Waals surface area contributed by atoms with Gasteiger partial charge in [-0.2, -0.15) is 0 Å². The number of nitrogens with two attached hydrogens (primary N) is 1. The third kappa shape index (κ3) is 4.84. The van der Waals surface area contributed by atoms with Crippen LogP contribution in [0, 0.1) is 0 Å². The Balaban J connectivity index is 1.83. The van der Waals surface area contributed by atoms with E-state index >= 15 is 0 Å². The molecule has 0 saturated carbocycles. The molecule has 0 aliphatic rings. The summed E-state index contributed by atoms with van der Waals surface area (Å²) in [5.41, 5.74) is 8.21. The van der Waals surface area contributed by atoms with Crippen LogP contribution >= 0.6 is 0 Å². The zero-order valence-electron chi connectivity index (χ0n) is 12.1. The Morgan fingerprint density at radius 2 is 1.95 bits per heavy atom. The molecule has 21 heavy (non-hydrogen) atoms. The summed E-state index contributed by atoms with van der Waals surface area (Å²) < 4.78 is 5.46. The van der Waals surface area contributed by atoms with E-state index in [1.807, 2.05) is 24.3 Å². The van der Waals surface area contributed by atoms with E-state index in [1.54, 1.807) is 24.3 Å². The van der Waals surface area contributed by atoms with Crippen LogP contribution in [0.5, 0.6) is 5.75 Å². The largest absolute Gasteiger partial charge is 0.484 e. The highest BCUT2D eigenvalue weighted by Crippen LogP contribution is 2.14. The smallest absolute Gasteiger partial charge is 0.262 e. The molecule has 0 radical (unpaired) electrons. The van der Waals surface area contributed by atoms with E-state index in [1.165, 1.54) is 5.56 Å². The van der Waals surface area contributed by atoms with Crippen LogP contribution in [0.25, 0.3) is 0 Å². The van der Waals surface area contributed by atoms with E-state index < -0.39 is 0 Å². The molecule has 0 aliphatic heterocycles. The van der Waals surface area contributed by atoms with Crippen molar-refractivity contribution in [2.24, 2.45) is 0 Å². The third-order valence-corrected chi connectivity index (χ3v) is 3.00. The van der Waals surface area contributed by atoms with E-state index in [9.17, 15) is 4.79 Å². The highest BCUT2D eigenvalue weighted by Gasteiger charge is 2.04. The van der Waals surface area contributed by atoms with Crippen LogP contribution in [-0.2, 0) is 11.2 Å². The Labute approximate surface area is 124 Å². The van der Waals surface area contributed by atoms with Crippen LogP contribution in [0.15, 0.2) is 48.5 Å². The van der Waals surface area contributed by atoms with Crippen molar-refractivity contribution in [3.05, 3.63) is 54.1 Å². The normalized spacial score (nSPS) is 10.1. The molecule has 0 aromatic heterocycles. The zero-order chi connectivity index (χ0) is 15.1. The van der Waals surface area contributed by atoms with Crippen LogP contribution in [-0.4, -0.2) is 12.5 Å². The first-order chi connectivity index (χ1) is 10.2. The number of carbonyl (C=O) groups excluding carboxylic acids is 1. The second kappa shape index (κ2) is 7.33. The summed E-state index contributed by atoms with van der Waals surface area (Å²) in [5, 5.41) is 2.74. The van der Waals surface area contributed by atoms with Gasteiger partial charge in [0.15, 0.2) is 6.61 Å². The molecule has 2 aromatic carbocycles. The SMILES string of the molecule is CCCc1ccc(OCC(=O)Nc2cccc(N)c2)cc1. The second-order valence-corrected chi connectivity index (χ2v) is 4.86. The average Bonchev–Trinajstić information content (AvgIpc) is 2.47. The molecule has 0 atom stereocenters. The fraction of sp³-hybridized carbons (Fsp3) is 0.235. The van der Waals surface area contributed by atoms with Crippen molar-refractivity contribution in [2.75, 3.05) is 17.7 Å². The lowest BCUT2D eigenvalue weighted by molar-refractivity contribution is -0.118. The Hall–Kier alpha value is -2.49. The standard InChI is InChI=1S/C17H20N2O2/c1-2-4-13-7-9-16(10-8-13)21-12-17(20)19-15-6-3-5-14(18)11-15/h3,5-11H,2,4,12,18H2,1H3,(H,19,20). The number of nitrogens with one attached hydrogen (secondary N) is 1. The minimum atomic E-state index is -0.210. The minimum absolute atomic E-state index is 0.0259. The Kier molecular flexibility index (Phi) is 5.21. The first-order valence-corrected chi connectivity index (χ1v) is 7.04. The summed E-state index contributed by atoms with van der Waals surface area (Å²) in [4.78, 5) is 11.8. The Morgan fingerprint density at radius 3 is 2.62 bits per heavy atom. The predicted molar refractivity (Wildman–Crippen MR) is 85.4 cm³/mol. The van der Waals surface area contributed by atoms with Gasteiger partial charge in [-0.15, -0.1) is 0 Å². The maximum Gasteiger partial charge on any atom is 0.262 e. The molecule has 2 rings (SSSR count). The van der Waals surface area contributed by atoms with E-state index in [0.717, 1.165) is 12.8 Å². The third-order valence-electron chi connectivity index (χ3n) is 3.00. The molecule has 0 heterocycles. The van der Waals surface area contributed by atoms with Crippen molar-refractivity contribution in [3.8, 4) is 5.75 Å². The van der Waals surface area contributed by atoms with Gasteiger partial charge in [0.1, 0.15) is 5.75 Å². The van der Waals surface area contributed by atoms with E-state index in [0.29, 0.717) is 17.1 Å².